The molecule has 0 saturated heterocycles. The highest BCUT2D eigenvalue weighted by Crippen LogP contribution is 2.25. The molecule has 9 heteroatoms. The van der Waals surface area contributed by atoms with Crippen LogP contribution in [0.3, 0.4) is 0 Å². The largest absolute Gasteiger partial charge is 0.489 e. The van der Waals surface area contributed by atoms with Crippen LogP contribution in [0.15, 0.2) is 64.2 Å². The van der Waals surface area contributed by atoms with E-state index in [1.807, 2.05) is 63.6 Å². The molecule has 3 aromatic heterocycles. The van der Waals surface area contributed by atoms with Crippen molar-refractivity contribution >= 4 is 16.9 Å². The van der Waals surface area contributed by atoms with Crippen molar-refractivity contribution in [1.82, 2.24) is 28.3 Å². The lowest BCUT2D eigenvalue weighted by Crippen LogP contribution is -2.37. The summed E-state index contributed by atoms with van der Waals surface area (Å²) in [7, 11) is 3.17. The highest BCUT2D eigenvalue weighted by atomic mass is 16.5. The first-order chi connectivity index (χ1) is 16.9. The zero-order valence-electron chi connectivity index (χ0n) is 20.3. The maximum atomic E-state index is 13.2. The third kappa shape index (κ3) is 3.92. The summed E-state index contributed by atoms with van der Waals surface area (Å²) in [6.45, 7) is 5.31. The van der Waals surface area contributed by atoms with E-state index in [0.717, 1.165) is 27.9 Å². The zero-order valence-corrected chi connectivity index (χ0v) is 20.3. The minimum absolute atomic E-state index is 0.336. The molecule has 0 atom stereocenters. The van der Waals surface area contributed by atoms with E-state index in [4.69, 9.17) is 4.74 Å². The second-order valence-corrected chi connectivity index (χ2v) is 9.17. The molecule has 0 aliphatic heterocycles. The number of aryl methyl sites for hydroxylation is 2. The van der Waals surface area contributed by atoms with Crippen LogP contribution in [-0.2, 0) is 27.2 Å². The Morgan fingerprint density at radius 2 is 1.63 bits per heavy atom. The molecule has 0 fully saturated rings. The number of rotatable bonds is 7. The summed E-state index contributed by atoms with van der Waals surface area (Å²) >= 11 is 0. The Hall–Kier alpha value is -4.14. The van der Waals surface area contributed by atoms with Crippen LogP contribution in [-0.4, -0.2) is 28.3 Å². The molecule has 35 heavy (non-hydrogen) atoms. The van der Waals surface area contributed by atoms with E-state index in [2.05, 4.69) is 24.0 Å². The summed E-state index contributed by atoms with van der Waals surface area (Å²) in [4.78, 5) is 25.9. The molecule has 0 N–H and O–H groups in total. The van der Waals surface area contributed by atoms with Crippen molar-refractivity contribution in [2.24, 2.45) is 20.0 Å². The van der Waals surface area contributed by atoms with Crippen LogP contribution in [0.25, 0.3) is 28.3 Å². The second-order valence-electron chi connectivity index (χ2n) is 9.17. The SMILES string of the molecule is CC(C)CCn1c2c(=O)n(C)c(=O)n(C)c2n2c(-c3ccc(COc4ccccc4)cc3)nnc12. The van der Waals surface area contributed by atoms with Crippen LogP contribution in [0.4, 0.5) is 0 Å². The maximum Gasteiger partial charge on any atom is 0.332 e. The molecule has 0 saturated carbocycles. The van der Waals surface area contributed by atoms with Crippen LogP contribution in [0, 0.1) is 5.92 Å². The third-order valence-corrected chi connectivity index (χ3v) is 6.27. The van der Waals surface area contributed by atoms with Crippen molar-refractivity contribution in [3.8, 4) is 17.1 Å². The average Bonchev–Trinajstić information content (AvgIpc) is 3.43. The van der Waals surface area contributed by atoms with Gasteiger partial charge in [-0.2, -0.15) is 0 Å². The molecule has 0 unspecified atom stereocenters. The number of fused-ring (bicyclic) bond motifs is 3. The van der Waals surface area contributed by atoms with E-state index < -0.39 is 5.69 Å². The molecule has 0 amide bonds. The lowest BCUT2D eigenvalue weighted by molar-refractivity contribution is 0.306. The lowest BCUT2D eigenvalue weighted by atomic mass is 10.1. The fourth-order valence-corrected chi connectivity index (χ4v) is 4.27. The summed E-state index contributed by atoms with van der Waals surface area (Å²) in [6, 6.07) is 17.5. The van der Waals surface area contributed by atoms with E-state index >= 15 is 0 Å². The van der Waals surface area contributed by atoms with Crippen molar-refractivity contribution in [2.45, 2.75) is 33.4 Å². The smallest absolute Gasteiger partial charge is 0.332 e. The molecule has 5 aromatic rings. The molecule has 0 bridgehead atoms. The van der Waals surface area contributed by atoms with E-state index in [1.165, 1.54) is 11.6 Å². The molecule has 2 aromatic carbocycles. The van der Waals surface area contributed by atoms with E-state index in [1.54, 1.807) is 7.05 Å². The Morgan fingerprint density at radius 1 is 0.914 bits per heavy atom. The number of ether oxygens (including phenoxy) is 1. The van der Waals surface area contributed by atoms with Gasteiger partial charge in [-0.05, 0) is 30.0 Å². The quantitative estimate of drug-likeness (QED) is 0.362. The zero-order chi connectivity index (χ0) is 24.7. The Balaban J connectivity index is 1.61. The predicted octanol–water partition coefficient (Wildman–Crippen LogP) is 3.37. The summed E-state index contributed by atoms with van der Waals surface area (Å²) in [5.74, 6) is 2.38. The van der Waals surface area contributed by atoms with Crippen molar-refractivity contribution in [3.05, 3.63) is 81.0 Å². The van der Waals surface area contributed by atoms with Gasteiger partial charge in [0.25, 0.3) is 5.56 Å². The molecule has 0 aliphatic carbocycles. The summed E-state index contributed by atoms with van der Waals surface area (Å²) in [5.41, 5.74) is 2.06. The van der Waals surface area contributed by atoms with Gasteiger partial charge in [0.15, 0.2) is 17.0 Å². The molecular weight excluding hydrogens is 444 g/mol. The van der Waals surface area contributed by atoms with Gasteiger partial charge in [-0.15, -0.1) is 10.2 Å². The highest BCUT2D eigenvalue weighted by Gasteiger charge is 2.24. The molecule has 9 nitrogen and oxygen atoms in total. The van der Waals surface area contributed by atoms with Crippen molar-refractivity contribution in [3.63, 3.8) is 0 Å². The summed E-state index contributed by atoms with van der Waals surface area (Å²) in [5, 5.41) is 8.88. The van der Waals surface area contributed by atoms with Crippen molar-refractivity contribution in [1.29, 1.82) is 0 Å². The van der Waals surface area contributed by atoms with Crippen molar-refractivity contribution in [2.75, 3.05) is 0 Å². The van der Waals surface area contributed by atoms with Gasteiger partial charge in [0.1, 0.15) is 12.4 Å². The molecule has 180 valence electrons. The van der Waals surface area contributed by atoms with Crippen LogP contribution < -0.4 is 16.0 Å². The lowest BCUT2D eigenvalue weighted by Gasteiger charge is -2.09. The van der Waals surface area contributed by atoms with E-state index in [0.29, 0.717) is 41.8 Å². The number of nitrogens with zero attached hydrogens (tertiary/aromatic N) is 6. The first-order valence-electron chi connectivity index (χ1n) is 11.7. The summed E-state index contributed by atoms with van der Waals surface area (Å²) < 4.78 is 12.2. The first kappa shape index (κ1) is 22.6. The van der Waals surface area contributed by atoms with Crippen LogP contribution in [0.2, 0.25) is 0 Å². The minimum Gasteiger partial charge on any atom is -0.489 e. The molecular formula is C26H28N6O3. The summed E-state index contributed by atoms with van der Waals surface area (Å²) in [6.07, 6.45) is 0.865. The Labute approximate surface area is 201 Å². The molecule has 3 heterocycles. The Bertz CT molecular complexity index is 1620. The molecule has 5 rings (SSSR count). The second kappa shape index (κ2) is 8.90. The van der Waals surface area contributed by atoms with E-state index in [-0.39, 0.29) is 5.56 Å². The van der Waals surface area contributed by atoms with Gasteiger partial charge in [0.2, 0.25) is 5.78 Å². The van der Waals surface area contributed by atoms with Crippen LogP contribution in [0.5, 0.6) is 5.75 Å². The molecule has 0 aliphatic rings. The average molecular weight is 473 g/mol. The Kier molecular flexibility index (Phi) is 5.76. The monoisotopic (exact) mass is 472 g/mol. The van der Waals surface area contributed by atoms with Gasteiger partial charge in [-0.25, -0.2) is 9.20 Å². The fourth-order valence-electron chi connectivity index (χ4n) is 4.27. The van der Waals surface area contributed by atoms with Crippen LogP contribution >= 0.6 is 0 Å². The Morgan fingerprint density at radius 3 is 2.31 bits per heavy atom. The topological polar surface area (TPSA) is 88.4 Å². The molecule has 0 radical (unpaired) electrons. The van der Waals surface area contributed by atoms with Gasteiger partial charge in [-0.3, -0.25) is 13.9 Å². The highest BCUT2D eigenvalue weighted by molar-refractivity contribution is 5.79. The number of para-hydroxylation sites is 1. The predicted molar refractivity (Wildman–Crippen MR) is 135 cm³/mol. The van der Waals surface area contributed by atoms with Gasteiger partial charge in [0, 0.05) is 26.2 Å². The van der Waals surface area contributed by atoms with Gasteiger partial charge >= 0.3 is 5.69 Å². The number of benzene rings is 2. The molecule has 0 spiro atoms. The first-order valence-corrected chi connectivity index (χ1v) is 11.7. The minimum atomic E-state index is -0.390. The van der Waals surface area contributed by atoms with Gasteiger partial charge < -0.3 is 9.30 Å². The number of hydrogen-bond donors (Lipinski definition) is 0. The standard InChI is InChI=1S/C26H28N6O3/c1-17(2)14-15-31-21-23(29(3)26(34)30(4)24(21)33)32-22(27-28-25(31)32)19-12-10-18(11-13-19)16-35-20-8-6-5-7-9-20/h5-13,17H,14-16H2,1-4H3. The van der Waals surface area contributed by atoms with Gasteiger partial charge in [-0.1, -0.05) is 56.3 Å². The van der Waals surface area contributed by atoms with Crippen LogP contribution in [0.1, 0.15) is 25.8 Å². The normalized spacial score (nSPS) is 11.7. The van der Waals surface area contributed by atoms with E-state index in [9.17, 15) is 9.59 Å². The van der Waals surface area contributed by atoms with Crippen molar-refractivity contribution < 1.29 is 4.74 Å². The number of aromatic nitrogens is 6. The maximum absolute atomic E-state index is 13.2. The third-order valence-electron chi connectivity index (χ3n) is 6.27. The van der Waals surface area contributed by atoms with Gasteiger partial charge in [0.05, 0.1) is 0 Å². The number of imidazole rings is 1. The number of hydrogen-bond acceptors (Lipinski definition) is 5. The fraction of sp³-hybridized carbons (Fsp3) is 0.308.